The second kappa shape index (κ2) is 10.2. The lowest BCUT2D eigenvalue weighted by molar-refractivity contribution is 0.150. The van der Waals surface area contributed by atoms with Crippen LogP contribution in [-0.4, -0.2) is 29.0 Å². The van der Waals surface area contributed by atoms with Gasteiger partial charge in [-0.25, -0.2) is 0 Å². The number of allylic oxidation sites excluding steroid dienone is 3. The minimum absolute atomic E-state index is 0.112. The fraction of sp³-hybridized carbons (Fsp3) is 0.571. The van der Waals surface area contributed by atoms with Gasteiger partial charge in [-0.05, 0) is 83.4 Å². The summed E-state index contributed by atoms with van der Waals surface area (Å²) in [5, 5.41) is 12.4. The molecule has 174 valence electrons. The van der Waals surface area contributed by atoms with E-state index in [0.29, 0.717) is 17.7 Å². The Morgan fingerprint density at radius 2 is 1.75 bits per heavy atom. The number of nitrogens with two attached hydrogens (primary N) is 1. The van der Waals surface area contributed by atoms with Gasteiger partial charge < -0.3 is 16.5 Å². The fourth-order valence-electron chi connectivity index (χ4n) is 5.63. The van der Waals surface area contributed by atoms with Gasteiger partial charge in [0.1, 0.15) is 0 Å². The molecule has 2 fully saturated rings. The van der Waals surface area contributed by atoms with E-state index in [9.17, 15) is 0 Å². The first kappa shape index (κ1) is 24.4. The van der Waals surface area contributed by atoms with E-state index >= 15 is 0 Å². The molecule has 3 rings (SSSR count). The van der Waals surface area contributed by atoms with E-state index in [1.165, 1.54) is 32.1 Å². The number of nitrogens with zero attached hydrogens (tertiary/aromatic N) is 1. The molecule has 4 heteroatoms. The Kier molecular flexibility index (Phi) is 7.76. The van der Waals surface area contributed by atoms with Gasteiger partial charge >= 0.3 is 0 Å². The Morgan fingerprint density at radius 1 is 1.09 bits per heavy atom. The maximum Gasteiger partial charge on any atom is 0.0611 e. The van der Waals surface area contributed by atoms with Crippen LogP contribution in [0.5, 0.6) is 0 Å². The first-order valence-corrected chi connectivity index (χ1v) is 12.2. The number of aliphatic imine (C=N–C) groups is 1. The van der Waals surface area contributed by atoms with Crippen LogP contribution < -0.4 is 11.1 Å². The fourth-order valence-corrected chi connectivity index (χ4v) is 5.63. The van der Waals surface area contributed by atoms with Gasteiger partial charge in [-0.1, -0.05) is 43.5 Å². The van der Waals surface area contributed by atoms with E-state index in [4.69, 9.17) is 16.1 Å². The highest BCUT2D eigenvalue weighted by Gasteiger charge is 2.36. The van der Waals surface area contributed by atoms with E-state index < -0.39 is 0 Å². The second-order valence-electron chi connectivity index (χ2n) is 11.1. The van der Waals surface area contributed by atoms with Gasteiger partial charge in [-0.2, -0.15) is 0 Å². The Labute approximate surface area is 195 Å². The molecule has 1 aliphatic carbocycles. The van der Waals surface area contributed by atoms with Gasteiger partial charge in [-0.3, -0.25) is 4.99 Å². The van der Waals surface area contributed by atoms with Crippen molar-refractivity contribution in [2.24, 2.45) is 16.6 Å². The number of piperidine rings is 1. The molecule has 0 aromatic heterocycles. The highest BCUT2D eigenvalue weighted by molar-refractivity contribution is 6.11. The predicted octanol–water partition coefficient (Wildman–Crippen LogP) is 6.18. The van der Waals surface area contributed by atoms with Crippen LogP contribution in [0.25, 0.3) is 5.57 Å². The van der Waals surface area contributed by atoms with Crippen molar-refractivity contribution in [3.63, 3.8) is 0 Å². The number of hydrogen-bond acceptors (Lipinski definition) is 4. The predicted molar refractivity (Wildman–Crippen MR) is 139 cm³/mol. The zero-order valence-corrected chi connectivity index (χ0v) is 20.7. The van der Waals surface area contributed by atoms with Crippen molar-refractivity contribution < 1.29 is 0 Å². The molecule has 2 aliphatic rings. The van der Waals surface area contributed by atoms with E-state index in [1.54, 1.807) is 6.20 Å². The van der Waals surface area contributed by atoms with Crippen molar-refractivity contribution in [2.45, 2.75) is 96.7 Å². The molecule has 1 aromatic rings. The molecular formula is C28H42N4. The van der Waals surface area contributed by atoms with E-state index in [1.807, 2.05) is 18.4 Å². The van der Waals surface area contributed by atoms with Crippen LogP contribution in [0.3, 0.4) is 0 Å². The summed E-state index contributed by atoms with van der Waals surface area (Å²) >= 11 is 0. The largest absolute Gasteiger partial charge is 0.404 e. The number of hydrogen-bond donors (Lipinski definition) is 3. The maximum atomic E-state index is 8.66. The third-order valence-electron chi connectivity index (χ3n) is 6.79. The molecule has 1 saturated carbocycles. The number of aryl methyl sites for hydroxylation is 1. The lowest BCUT2D eigenvalue weighted by atomic mass is 9.75. The zero-order chi connectivity index (χ0) is 23.4. The van der Waals surface area contributed by atoms with Gasteiger partial charge in [-0.15, -0.1) is 0 Å². The summed E-state index contributed by atoms with van der Waals surface area (Å²) in [4.78, 5) is 4.79. The molecule has 4 N–H and O–H groups in total. The Balaban J connectivity index is 1.69. The molecule has 0 radical (unpaired) electrons. The van der Waals surface area contributed by atoms with Crippen LogP contribution in [-0.2, 0) is 0 Å². The third-order valence-corrected chi connectivity index (χ3v) is 6.79. The summed E-state index contributed by atoms with van der Waals surface area (Å²) in [6.45, 7) is 11.1. The quantitative estimate of drug-likeness (QED) is 0.468. The summed E-state index contributed by atoms with van der Waals surface area (Å²) in [5.41, 5.74) is 10.8. The zero-order valence-electron chi connectivity index (χ0n) is 20.7. The lowest BCUT2D eigenvalue weighted by Gasteiger charge is -2.45. The molecular weight excluding hydrogens is 392 g/mol. The number of benzene rings is 1. The lowest BCUT2D eigenvalue weighted by Crippen LogP contribution is -2.57. The molecule has 1 aliphatic heterocycles. The topological polar surface area (TPSA) is 74.3 Å². The maximum absolute atomic E-state index is 8.66. The minimum Gasteiger partial charge on any atom is -0.404 e. The number of nitrogens with one attached hydrogen (secondary N) is 2. The van der Waals surface area contributed by atoms with Crippen molar-refractivity contribution in [1.29, 1.82) is 5.41 Å². The highest BCUT2D eigenvalue weighted by Crippen LogP contribution is 2.33. The van der Waals surface area contributed by atoms with Crippen LogP contribution in [0.15, 0.2) is 41.5 Å². The molecule has 1 heterocycles. The van der Waals surface area contributed by atoms with Gasteiger partial charge in [0.15, 0.2) is 0 Å². The smallest absolute Gasteiger partial charge is 0.0611 e. The SMILES string of the molecule is Cc1cc(C(C=NC2CCCCC2)=CN)ccc1C(=N)/C=C\C1CC(C)(C)NC(C)(C)C1. The summed E-state index contributed by atoms with van der Waals surface area (Å²) in [5.74, 6) is 0.476. The summed E-state index contributed by atoms with van der Waals surface area (Å²) in [6.07, 6.45) is 16.2. The normalized spacial score (nSPS) is 22.6. The average molecular weight is 435 g/mol. The van der Waals surface area contributed by atoms with Crippen LogP contribution in [0.2, 0.25) is 0 Å². The van der Waals surface area contributed by atoms with Crippen molar-refractivity contribution in [3.8, 4) is 0 Å². The van der Waals surface area contributed by atoms with Gasteiger partial charge in [0.25, 0.3) is 0 Å². The van der Waals surface area contributed by atoms with Crippen molar-refractivity contribution >= 4 is 17.5 Å². The monoisotopic (exact) mass is 434 g/mol. The molecule has 1 saturated heterocycles. The van der Waals surface area contributed by atoms with E-state index in [-0.39, 0.29) is 11.1 Å². The average Bonchev–Trinajstić information content (AvgIpc) is 2.71. The molecule has 4 nitrogen and oxygen atoms in total. The first-order valence-electron chi connectivity index (χ1n) is 12.2. The summed E-state index contributed by atoms with van der Waals surface area (Å²) < 4.78 is 0. The Morgan fingerprint density at radius 3 is 2.34 bits per heavy atom. The van der Waals surface area contributed by atoms with Crippen molar-refractivity contribution in [3.05, 3.63) is 53.2 Å². The Bertz CT molecular complexity index is 882. The van der Waals surface area contributed by atoms with Gasteiger partial charge in [0, 0.05) is 40.7 Å². The summed E-state index contributed by atoms with van der Waals surface area (Å²) in [6, 6.07) is 6.67. The minimum atomic E-state index is 0.112. The standard InChI is InChI=1S/C28H42N4/c1-20-15-22(23(18-29)19-31-24-9-7-6-8-10-24)12-13-25(20)26(30)14-11-21-16-27(2,3)32-28(4,5)17-21/h11-15,18-19,21,24,30,32H,6-10,16-17,29H2,1-5H3/b14-11-,23-18?,30-26?,31-19?. The van der Waals surface area contributed by atoms with Crippen LogP contribution in [0, 0.1) is 18.3 Å². The van der Waals surface area contributed by atoms with Crippen molar-refractivity contribution in [2.75, 3.05) is 0 Å². The summed E-state index contributed by atoms with van der Waals surface area (Å²) in [7, 11) is 0. The first-order chi connectivity index (χ1) is 15.1. The molecule has 0 atom stereocenters. The van der Waals surface area contributed by atoms with Crippen molar-refractivity contribution in [1.82, 2.24) is 5.32 Å². The van der Waals surface area contributed by atoms with Gasteiger partial charge in [0.2, 0.25) is 0 Å². The van der Waals surface area contributed by atoms with Crippen LogP contribution in [0.1, 0.15) is 89.3 Å². The third kappa shape index (κ3) is 6.65. The highest BCUT2D eigenvalue weighted by atomic mass is 15.0. The molecule has 0 bridgehead atoms. The number of rotatable bonds is 6. The van der Waals surface area contributed by atoms with Crippen LogP contribution >= 0.6 is 0 Å². The molecule has 32 heavy (non-hydrogen) atoms. The molecule has 0 amide bonds. The molecule has 0 unspecified atom stereocenters. The second-order valence-corrected chi connectivity index (χ2v) is 11.1. The van der Waals surface area contributed by atoms with Gasteiger partial charge in [0.05, 0.1) is 5.71 Å². The van der Waals surface area contributed by atoms with E-state index in [2.05, 4.69) is 58.1 Å². The Hall–Kier alpha value is -2.20. The molecule has 0 spiro atoms. The van der Waals surface area contributed by atoms with E-state index in [0.717, 1.165) is 35.1 Å². The van der Waals surface area contributed by atoms with Crippen LogP contribution in [0.4, 0.5) is 0 Å². The molecule has 1 aromatic carbocycles.